The Hall–Kier alpha value is -2.60. The number of nitrogens with zero attached hydrogens (tertiary/aromatic N) is 2. The van der Waals surface area contributed by atoms with E-state index < -0.39 is 6.10 Å². The molecule has 3 N–H and O–H groups in total. The van der Waals surface area contributed by atoms with E-state index in [0.717, 1.165) is 37.3 Å². The number of urea groups is 1. The summed E-state index contributed by atoms with van der Waals surface area (Å²) in [6.07, 6.45) is 2.86. The number of anilines is 1. The lowest BCUT2D eigenvalue weighted by Crippen LogP contribution is -2.48. The molecule has 6 heteroatoms. The minimum Gasteiger partial charge on any atom is -0.387 e. The van der Waals surface area contributed by atoms with Crippen LogP contribution in [0.5, 0.6) is 0 Å². The first-order valence-electron chi connectivity index (χ1n) is 8.66. The number of aliphatic hydroxyl groups is 1. The van der Waals surface area contributed by atoms with Crippen LogP contribution in [-0.2, 0) is 0 Å². The Labute approximate surface area is 147 Å². The largest absolute Gasteiger partial charge is 0.387 e. The van der Waals surface area contributed by atoms with E-state index >= 15 is 0 Å². The Morgan fingerprint density at radius 1 is 1.16 bits per heavy atom. The molecule has 1 aliphatic heterocycles. The van der Waals surface area contributed by atoms with Crippen LogP contribution < -0.4 is 15.5 Å². The smallest absolute Gasteiger partial charge is 0.315 e. The molecule has 1 saturated heterocycles. The molecule has 6 nitrogen and oxygen atoms in total. The zero-order chi connectivity index (χ0) is 17.5. The number of pyridine rings is 1. The van der Waals surface area contributed by atoms with Gasteiger partial charge >= 0.3 is 6.03 Å². The maximum absolute atomic E-state index is 12.0. The summed E-state index contributed by atoms with van der Waals surface area (Å²) in [5.74, 6) is 0.983. The van der Waals surface area contributed by atoms with E-state index in [4.69, 9.17) is 0 Å². The average Bonchev–Trinajstić information content (AvgIpc) is 2.68. The first kappa shape index (κ1) is 17.2. The van der Waals surface area contributed by atoms with Crippen molar-refractivity contribution in [3.8, 4) is 0 Å². The first-order chi connectivity index (χ1) is 12.2. The number of carbonyl (C=O) groups excluding carboxylic acids is 1. The normalized spacial score (nSPS) is 16.3. The Kier molecular flexibility index (Phi) is 5.85. The summed E-state index contributed by atoms with van der Waals surface area (Å²) in [6.45, 7) is 1.94. The topological polar surface area (TPSA) is 77.5 Å². The molecule has 1 aromatic heterocycles. The second-order valence-electron chi connectivity index (χ2n) is 6.23. The lowest BCUT2D eigenvalue weighted by atomic mass is 10.1. The van der Waals surface area contributed by atoms with Crippen LogP contribution in [0.2, 0.25) is 0 Å². The van der Waals surface area contributed by atoms with Crippen molar-refractivity contribution in [2.75, 3.05) is 24.5 Å². The molecule has 0 saturated carbocycles. The summed E-state index contributed by atoms with van der Waals surface area (Å²) >= 11 is 0. The number of aliphatic hydroxyl groups excluding tert-OH is 1. The maximum atomic E-state index is 12.0. The molecule has 1 atom stereocenters. The van der Waals surface area contributed by atoms with Gasteiger partial charge in [-0.15, -0.1) is 0 Å². The van der Waals surface area contributed by atoms with Gasteiger partial charge in [0.05, 0.1) is 6.10 Å². The van der Waals surface area contributed by atoms with Crippen molar-refractivity contribution in [3.63, 3.8) is 0 Å². The predicted molar refractivity (Wildman–Crippen MR) is 97.4 cm³/mol. The molecule has 1 aromatic carbocycles. The number of benzene rings is 1. The summed E-state index contributed by atoms with van der Waals surface area (Å²) in [4.78, 5) is 18.6. The lowest BCUT2D eigenvalue weighted by molar-refractivity contribution is 0.172. The van der Waals surface area contributed by atoms with E-state index in [-0.39, 0.29) is 18.6 Å². The van der Waals surface area contributed by atoms with Crippen LogP contribution >= 0.6 is 0 Å². The van der Waals surface area contributed by atoms with Gasteiger partial charge in [0.1, 0.15) is 5.82 Å². The quantitative estimate of drug-likeness (QED) is 0.779. The maximum Gasteiger partial charge on any atom is 0.315 e. The molecular formula is C19H24N4O2. The van der Waals surface area contributed by atoms with Crippen LogP contribution in [0.4, 0.5) is 10.6 Å². The minimum atomic E-state index is -0.696. The molecule has 3 rings (SSSR count). The standard InChI is InChI=1S/C19H24N4O2/c24-17(15-6-2-1-3-7-15)14-21-19(25)22-16-9-12-23(13-10-16)18-8-4-5-11-20-18/h1-8,11,16-17,24H,9-10,12-14H2,(H2,21,22,25)/t17-/m0/s1. The van der Waals surface area contributed by atoms with E-state index in [1.54, 1.807) is 6.20 Å². The third-order valence-electron chi connectivity index (χ3n) is 4.44. The van der Waals surface area contributed by atoms with Crippen molar-refractivity contribution in [3.05, 3.63) is 60.3 Å². The van der Waals surface area contributed by atoms with Gasteiger partial charge in [-0.1, -0.05) is 36.4 Å². The molecule has 1 aliphatic rings. The molecule has 1 fully saturated rings. The average molecular weight is 340 g/mol. The van der Waals surface area contributed by atoms with E-state index in [2.05, 4.69) is 20.5 Å². The number of nitrogens with one attached hydrogen (secondary N) is 2. The summed E-state index contributed by atoms with van der Waals surface area (Å²) in [5.41, 5.74) is 0.798. The monoisotopic (exact) mass is 340 g/mol. The zero-order valence-corrected chi connectivity index (χ0v) is 14.1. The van der Waals surface area contributed by atoms with Crippen molar-refractivity contribution in [1.82, 2.24) is 15.6 Å². The van der Waals surface area contributed by atoms with Crippen molar-refractivity contribution in [1.29, 1.82) is 0 Å². The third kappa shape index (κ3) is 4.93. The van der Waals surface area contributed by atoms with Crippen LogP contribution in [-0.4, -0.2) is 41.8 Å². The SMILES string of the molecule is O=C(NC[C@H](O)c1ccccc1)NC1CCN(c2ccccn2)CC1. The second-order valence-corrected chi connectivity index (χ2v) is 6.23. The van der Waals surface area contributed by atoms with Gasteiger partial charge in [0.15, 0.2) is 0 Å². The summed E-state index contributed by atoms with van der Waals surface area (Å²) in [7, 11) is 0. The van der Waals surface area contributed by atoms with E-state index in [9.17, 15) is 9.90 Å². The summed E-state index contributed by atoms with van der Waals surface area (Å²) in [6, 6.07) is 15.1. The third-order valence-corrected chi connectivity index (χ3v) is 4.44. The summed E-state index contributed by atoms with van der Waals surface area (Å²) in [5, 5.41) is 15.8. The van der Waals surface area contributed by atoms with Crippen molar-refractivity contribution in [2.24, 2.45) is 0 Å². The molecule has 132 valence electrons. The molecule has 0 radical (unpaired) electrons. The van der Waals surface area contributed by atoms with E-state index in [1.165, 1.54) is 0 Å². The lowest BCUT2D eigenvalue weighted by Gasteiger charge is -2.33. The van der Waals surface area contributed by atoms with Gasteiger partial charge in [-0.2, -0.15) is 0 Å². The number of piperidine rings is 1. The van der Waals surface area contributed by atoms with Gasteiger partial charge in [-0.05, 0) is 30.5 Å². The number of hydrogen-bond donors (Lipinski definition) is 3. The Morgan fingerprint density at radius 3 is 2.56 bits per heavy atom. The fourth-order valence-corrected chi connectivity index (χ4v) is 3.01. The fourth-order valence-electron chi connectivity index (χ4n) is 3.01. The Balaban J connectivity index is 1.39. The molecule has 2 amide bonds. The highest BCUT2D eigenvalue weighted by molar-refractivity contribution is 5.74. The number of aromatic nitrogens is 1. The highest BCUT2D eigenvalue weighted by atomic mass is 16.3. The number of hydrogen-bond acceptors (Lipinski definition) is 4. The van der Waals surface area contributed by atoms with Gasteiger partial charge in [-0.25, -0.2) is 9.78 Å². The molecule has 2 heterocycles. The molecule has 0 bridgehead atoms. The Bertz CT molecular complexity index is 658. The second kappa shape index (κ2) is 8.48. The number of rotatable bonds is 5. The van der Waals surface area contributed by atoms with Crippen molar-refractivity contribution >= 4 is 11.8 Å². The van der Waals surface area contributed by atoms with E-state index in [0.29, 0.717) is 0 Å². The van der Waals surface area contributed by atoms with Gasteiger partial charge in [0, 0.05) is 31.9 Å². The van der Waals surface area contributed by atoms with Crippen LogP contribution in [0.1, 0.15) is 24.5 Å². The molecule has 25 heavy (non-hydrogen) atoms. The Morgan fingerprint density at radius 2 is 1.88 bits per heavy atom. The molecule has 2 aromatic rings. The van der Waals surface area contributed by atoms with Crippen LogP contribution in [0, 0.1) is 0 Å². The van der Waals surface area contributed by atoms with Gasteiger partial charge in [0.25, 0.3) is 0 Å². The van der Waals surface area contributed by atoms with E-state index in [1.807, 2.05) is 48.5 Å². The highest BCUT2D eigenvalue weighted by Gasteiger charge is 2.21. The molecule has 0 aliphatic carbocycles. The van der Waals surface area contributed by atoms with Gasteiger partial charge in [-0.3, -0.25) is 0 Å². The number of carbonyl (C=O) groups is 1. The summed E-state index contributed by atoms with van der Waals surface area (Å²) < 4.78 is 0. The zero-order valence-electron chi connectivity index (χ0n) is 14.1. The van der Waals surface area contributed by atoms with Crippen LogP contribution in [0.15, 0.2) is 54.7 Å². The predicted octanol–water partition coefficient (Wildman–Crippen LogP) is 2.08. The van der Waals surface area contributed by atoms with Crippen molar-refractivity contribution < 1.29 is 9.90 Å². The van der Waals surface area contributed by atoms with Gasteiger partial charge < -0.3 is 20.6 Å². The van der Waals surface area contributed by atoms with Gasteiger partial charge in [0.2, 0.25) is 0 Å². The van der Waals surface area contributed by atoms with Crippen LogP contribution in [0.25, 0.3) is 0 Å². The molecular weight excluding hydrogens is 316 g/mol. The molecule has 0 unspecified atom stereocenters. The minimum absolute atomic E-state index is 0.147. The van der Waals surface area contributed by atoms with Crippen LogP contribution in [0.3, 0.4) is 0 Å². The highest BCUT2D eigenvalue weighted by Crippen LogP contribution is 2.17. The molecule has 0 spiro atoms. The first-order valence-corrected chi connectivity index (χ1v) is 8.66. The number of amides is 2. The fraction of sp³-hybridized carbons (Fsp3) is 0.368. The van der Waals surface area contributed by atoms with Crippen molar-refractivity contribution in [2.45, 2.75) is 25.0 Å².